The summed E-state index contributed by atoms with van der Waals surface area (Å²) >= 11 is 5.96. The van der Waals surface area contributed by atoms with Crippen molar-refractivity contribution in [1.82, 2.24) is 24.0 Å². The average Bonchev–Trinajstić information content (AvgIpc) is 3.48. The Morgan fingerprint density at radius 1 is 1.10 bits per heavy atom. The second-order valence-corrected chi connectivity index (χ2v) is 11.3. The number of aromatic carboxylic acids is 1. The van der Waals surface area contributed by atoms with Crippen molar-refractivity contribution in [3.63, 3.8) is 0 Å². The number of nitrogens with zero attached hydrogens (tertiary/aromatic N) is 5. The fourth-order valence-corrected chi connectivity index (χ4v) is 6.19. The Labute approximate surface area is 240 Å². The maximum Gasteiger partial charge on any atom is 0.335 e. The fraction of sp³-hybridized carbons (Fsp3) is 0.323. The topological polar surface area (TPSA) is 85.4 Å². The van der Waals surface area contributed by atoms with Crippen molar-refractivity contribution >= 4 is 39.6 Å². The van der Waals surface area contributed by atoms with Crippen LogP contribution >= 0.6 is 11.6 Å². The summed E-state index contributed by atoms with van der Waals surface area (Å²) in [5.74, 6) is 0.577. The lowest BCUT2D eigenvalue weighted by Crippen LogP contribution is -2.38. The van der Waals surface area contributed by atoms with Gasteiger partial charge in [-0.3, -0.25) is 4.90 Å². The van der Waals surface area contributed by atoms with Crippen molar-refractivity contribution in [3.8, 4) is 0 Å². The van der Waals surface area contributed by atoms with Gasteiger partial charge in [0.15, 0.2) is 0 Å². The highest BCUT2D eigenvalue weighted by molar-refractivity contribution is 6.30. The van der Waals surface area contributed by atoms with Gasteiger partial charge in [-0.15, -0.1) is 0 Å². The molecule has 3 aromatic carbocycles. The number of carboxylic acids is 1. The molecule has 41 heavy (non-hydrogen) atoms. The number of hydrogen-bond acceptors (Lipinski definition) is 5. The number of imidazole rings is 2. The summed E-state index contributed by atoms with van der Waals surface area (Å²) in [6.45, 7) is 5.71. The average molecular weight is 574 g/mol. The van der Waals surface area contributed by atoms with E-state index < -0.39 is 5.97 Å². The highest BCUT2D eigenvalue weighted by Gasteiger charge is 2.30. The second-order valence-electron chi connectivity index (χ2n) is 10.9. The molecule has 0 bridgehead atoms. The Bertz CT molecular complexity index is 1810. The molecule has 2 aliphatic rings. The molecule has 1 saturated heterocycles. The standard InChI is InChI=1S/C31H29ClFN5O3/c1-18-30-35-29-20(13-19-5-7-22(32)15-24(19)33)3-2-4-26(29)37(30)11-10-36(18)17-28-34-25-8-6-21(31(39)40)14-27(25)38(28)16-23-9-12-41-23/h2-8,14-15,18,23H,9-13,16-17H2,1H3,(H,39,40)/t18?,23-/m0/s1. The molecule has 1 N–H and O–H groups in total. The molecule has 5 aromatic rings. The van der Waals surface area contributed by atoms with Crippen molar-refractivity contribution in [3.05, 3.63) is 93.8 Å². The number of benzene rings is 3. The second kappa shape index (κ2) is 10.2. The zero-order chi connectivity index (χ0) is 28.2. The quantitative estimate of drug-likeness (QED) is 0.264. The van der Waals surface area contributed by atoms with Crippen LogP contribution < -0.4 is 0 Å². The van der Waals surface area contributed by atoms with Gasteiger partial charge in [0.2, 0.25) is 0 Å². The van der Waals surface area contributed by atoms with Crippen LogP contribution in [0.5, 0.6) is 0 Å². The predicted molar refractivity (Wildman–Crippen MR) is 154 cm³/mol. The van der Waals surface area contributed by atoms with Gasteiger partial charge in [0.05, 0.1) is 52.9 Å². The summed E-state index contributed by atoms with van der Waals surface area (Å²) in [5, 5.41) is 9.94. The molecular formula is C31H29ClFN5O3. The minimum atomic E-state index is -0.956. The molecule has 4 heterocycles. The summed E-state index contributed by atoms with van der Waals surface area (Å²) < 4.78 is 24.7. The SMILES string of the molecule is CC1c2nc3c(Cc4ccc(Cl)cc4F)cccc3n2CCN1Cc1nc2ccc(C(=O)O)cc2n1C[C@@H]1CCO1. The molecule has 2 aromatic heterocycles. The van der Waals surface area contributed by atoms with E-state index in [4.69, 9.17) is 26.3 Å². The number of halogens is 2. The van der Waals surface area contributed by atoms with Crippen LogP contribution in [0.3, 0.4) is 0 Å². The Kier molecular flexibility index (Phi) is 6.53. The smallest absolute Gasteiger partial charge is 0.335 e. The summed E-state index contributed by atoms with van der Waals surface area (Å²) in [6.07, 6.45) is 1.51. The molecule has 1 unspecified atom stereocenters. The molecule has 1 fully saturated rings. The summed E-state index contributed by atoms with van der Waals surface area (Å²) in [4.78, 5) is 24.0. The maximum atomic E-state index is 14.6. The first-order valence-electron chi connectivity index (χ1n) is 13.9. The largest absolute Gasteiger partial charge is 0.478 e. The summed E-state index contributed by atoms with van der Waals surface area (Å²) in [7, 11) is 0. The molecule has 210 valence electrons. The van der Waals surface area contributed by atoms with Crippen molar-refractivity contribution in [2.75, 3.05) is 13.2 Å². The monoisotopic (exact) mass is 573 g/mol. The van der Waals surface area contributed by atoms with E-state index in [0.29, 0.717) is 30.1 Å². The van der Waals surface area contributed by atoms with E-state index in [-0.39, 0.29) is 23.5 Å². The number of aromatic nitrogens is 4. The Morgan fingerprint density at radius 2 is 1.95 bits per heavy atom. The molecule has 0 spiro atoms. The molecule has 10 heteroatoms. The third kappa shape index (κ3) is 4.67. The van der Waals surface area contributed by atoms with Gasteiger partial charge in [-0.1, -0.05) is 29.8 Å². The first-order valence-corrected chi connectivity index (χ1v) is 14.2. The van der Waals surface area contributed by atoms with Crippen LogP contribution in [-0.2, 0) is 30.8 Å². The summed E-state index contributed by atoms with van der Waals surface area (Å²) in [5.41, 5.74) is 5.33. The lowest BCUT2D eigenvalue weighted by atomic mass is 10.0. The highest BCUT2D eigenvalue weighted by atomic mass is 35.5. The van der Waals surface area contributed by atoms with Gasteiger partial charge in [-0.25, -0.2) is 19.2 Å². The molecule has 2 atom stereocenters. The van der Waals surface area contributed by atoms with E-state index in [1.807, 2.05) is 12.1 Å². The van der Waals surface area contributed by atoms with Gasteiger partial charge in [-0.2, -0.15) is 0 Å². The third-order valence-corrected chi connectivity index (χ3v) is 8.65. The number of para-hydroxylation sites is 1. The van der Waals surface area contributed by atoms with E-state index in [1.165, 1.54) is 6.07 Å². The Morgan fingerprint density at radius 3 is 2.71 bits per heavy atom. The zero-order valence-electron chi connectivity index (χ0n) is 22.6. The lowest BCUT2D eigenvalue weighted by Gasteiger charge is -2.34. The van der Waals surface area contributed by atoms with Crippen molar-refractivity contribution in [1.29, 1.82) is 0 Å². The number of hydrogen-bond donors (Lipinski definition) is 1. The molecule has 8 nitrogen and oxygen atoms in total. The molecule has 0 amide bonds. The van der Waals surface area contributed by atoms with Gasteiger partial charge in [0, 0.05) is 31.1 Å². The minimum Gasteiger partial charge on any atom is -0.478 e. The van der Waals surface area contributed by atoms with Crippen LogP contribution in [0, 0.1) is 5.82 Å². The first kappa shape index (κ1) is 26.1. The first-order chi connectivity index (χ1) is 19.9. The Hall–Kier alpha value is -3.79. The van der Waals surface area contributed by atoms with Gasteiger partial charge in [0.25, 0.3) is 0 Å². The van der Waals surface area contributed by atoms with E-state index in [9.17, 15) is 14.3 Å². The van der Waals surface area contributed by atoms with E-state index >= 15 is 0 Å². The van der Waals surface area contributed by atoms with Crippen LogP contribution in [0.15, 0.2) is 54.6 Å². The molecular weight excluding hydrogens is 545 g/mol. The minimum absolute atomic E-state index is 0.0130. The molecule has 0 saturated carbocycles. The number of carboxylic acid groups (broad SMARTS) is 1. The molecule has 0 radical (unpaired) electrons. The summed E-state index contributed by atoms with van der Waals surface area (Å²) in [6, 6.07) is 16.0. The zero-order valence-corrected chi connectivity index (χ0v) is 23.3. The van der Waals surface area contributed by atoms with E-state index in [1.54, 1.807) is 30.3 Å². The number of rotatable bonds is 7. The number of fused-ring (bicyclic) bond motifs is 4. The molecule has 0 aliphatic carbocycles. The third-order valence-electron chi connectivity index (χ3n) is 8.42. The lowest BCUT2D eigenvalue weighted by molar-refractivity contribution is -0.0592. The van der Waals surface area contributed by atoms with E-state index in [2.05, 4.69) is 27.0 Å². The van der Waals surface area contributed by atoms with Crippen LogP contribution in [0.25, 0.3) is 22.1 Å². The van der Waals surface area contributed by atoms with Gasteiger partial charge < -0.3 is 19.0 Å². The molecule has 7 rings (SSSR count). The van der Waals surface area contributed by atoms with Gasteiger partial charge in [0.1, 0.15) is 17.5 Å². The van der Waals surface area contributed by atoms with Crippen molar-refractivity contribution in [2.45, 2.75) is 51.5 Å². The number of ether oxygens (including phenoxy) is 1. The Balaban J connectivity index is 1.21. The molecule has 2 aliphatic heterocycles. The van der Waals surface area contributed by atoms with Crippen LogP contribution in [0.1, 0.15) is 52.5 Å². The van der Waals surface area contributed by atoms with Crippen LogP contribution in [0.4, 0.5) is 4.39 Å². The van der Waals surface area contributed by atoms with E-state index in [0.717, 1.165) is 65.4 Å². The predicted octanol–water partition coefficient (Wildman–Crippen LogP) is 5.83. The maximum absolute atomic E-state index is 14.6. The van der Waals surface area contributed by atoms with Crippen LogP contribution in [0.2, 0.25) is 5.02 Å². The van der Waals surface area contributed by atoms with Crippen molar-refractivity contribution in [2.24, 2.45) is 0 Å². The highest BCUT2D eigenvalue weighted by Crippen LogP contribution is 2.33. The fourth-order valence-electron chi connectivity index (χ4n) is 6.04. The number of carbonyl (C=O) groups is 1. The van der Waals surface area contributed by atoms with Gasteiger partial charge >= 0.3 is 5.97 Å². The van der Waals surface area contributed by atoms with Crippen LogP contribution in [-0.4, -0.2) is 54.3 Å². The van der Waals surface area contributed by atoms with Crippen molar-refractivity contribution < 1.29 is 19.0 Å². The van der Waals surface area contributed by atoms with Gasteiger partial charge in [-0.05, 0) is 60.9 Å². The normalized spacial score (nSPS) is 19.0.